The van der Waals surface area contributed by atoms with Crippen LogP contribution >= 0.6 is 0 Å². The first-order valence-electron chi connectivity index (χ1n) is 8.99. The number of nitrogens with two attached hydrogens (primary N) is 1. The van der Waals surface area contributed by atoms with Gasteiger partial charge < -0.3 is 15.6 Å². The van der Waals surface area contributed by atoms with E-state index in [1.807, 2.05) is 0 Å². The summed E-state index contributed by atoms with van der Waals surface area (Å²) in [7, 11) is 1.29. The van der Waals surface area contributed by atoms with Gasteiger partial charge in [0, 0.05) is 12.6 Å². The smallest absolute Gasteiger partial charge is 0.321 e. The van der Waals surface area contributed by atoms with Crippen molar-refractivity contribution >= 4 is 23.6 Å². The number of benzene rings is 2. The molecule has 0 fully saturated rings. The summed E-state index contributed by atoms with van der Waals surface area (Å²) in [6.07, 6.45) is 0. The van der Waals surface area contributed by atoms with Crippen LogP contribution in [-0.2, 0) is 30.6 Å². The Morgan fingerprint density at radius 1 is 1.00 bits per heavy atom. The fraction of sp³-hybridized carbons (Fsp3) is 0.238. The highest BCUT2D eigenvalue weighted by atomic mass is 16.7. The van der Waals surface area contributed by atoms with E-state index in [1.54, 1.807) is 60.7 Å². The molecule has 3 N–H and O–H groups in total. The lowest BCUT2D eigenvalue weighted by atomic mass is 9.96. The molecular weight excluding hydrogens is 392 g/mol. The Balaban J connectivity index is 2.01. The van der Waals surface area contributed by atoms with Crippen LogP contribution in [0.2, 0.25) is 0 Å². The summed E-state index contributed by atoms with van der Waals surface area (Å²) in [5, 5.41) is 9.98. The van der Waals surface area contributed by atoms with Gasteiger partial charge in [-0.05, 0) is 17.7 Å². The number of esters is 1. The van der Waals surface area contributed by atoms with Crippen molar-refractivity contribution in [2.75, 3.05) is 13.7 Å². The number of ether oxygens (including phenoxy) is 1. The predicted molar refractivity (Wildman–Crippen MR) is 105 cm³/mol. The van der Waals surface area contributed by atoms with Crippen LogP contribution in [0.25, 0.3) is 0 Å². The van der Waals surface area contributed by atoms with Gasteiger partial charge in [-0.3, -0.25) is 24.0 Å². The van der Waals surface area contributed by atoms with Gasteiger partial charge in [0.05, 0.1) is 0 Å². The van der Waals surface area contributed by atoms with Crippen LogP contribution in [0.3, 0.4) is 0 Å². The van der Waals surface area contributed by atoms with Crippen molar-refractivity contribution in [2.24, 2.45) is 11.7 Å². The molecule has 9 heteroatoms. The summed E-state index contributed by atoms with van der Waals surface area (Å²) < 4.78 is 5.07. The average Bonchev–Trinajstić information content (AvgIpc) is 2.76. The first kappa shape index (κ1) is 22.7. The van der Waals surface area contributed by atoms with E-state index in [4.69, 9.17) is 20.4 Å². The highest BCUT2D eigenvalue weighted by Gasteiger charge is 2.38. The molecular formula is C21H22N2O7. The summed E-state index contributed by atoms with van der Waals surface area (Å²) in [5.74, 6) is -5.85. The molecule has 0 aliphatic heterocycles. The number of amides is 1. The number of hydroxylamine groups is 2. The molecule has 2 aromatic carbocycles. The minimum Gasteiger partial charge on any atom is -0.480 e. The molecule has 1 amide bonds. The number of rotatable bonds is 10. The summed E-state index contributed by atoms with van der Waals surface area (Å²) in [6, 6.07) is 15.0. The van der Waals surface area contributed by atoms with Crippen LogP contribution in [0.5, 0.6) is 0 Å². The molecule has 9 nitrogen and oxygen atoms in total. The van der Waals surface area contributed by atoms with Gasteiger partial charge in [0.25, 0.3) is 5.91 Å². The van der Waals surface area contributed by atoms with Gasteiger partial charge in [-0.1, -0.05) is 48.5 Å². The minimum absolute atomic E-state index is 0.150. The molecule has 158 valence electrons. The van der Waals surface area contributed by atoms with E-state index in [0.29, 0.717) is 11.1 Å². The van der Waals surface area contributed by atoms with Gasteiger partial charge in [0.15, 0.2) is 5.78 Å². The number of nitrogens with zero attached hydrogens (tertiary/aromatic N) is 1. The monoisotopic (exact) mass is 414 g/mol. The van der Waals surface area contributed by atoms with Crippen molar-refractivity contribution < 1.29 is 33.9 Å². The van der Waals surface area contributed by atoms with Crippen molar-refractivity contribution in [3.63, 3.8) is 0 Å². The number of carboxylic acid groups (broad SMARTS) is 1. The van der Waals surface area contributed by atoms with E-state index in [-0.39, 0.29) is 6.61 Å². The number of hydrogen-bond donors (Lipinski definition) is 2. The first-order valence-corrected chi connectivity index (χ1v) is 8.99. The Morgan fingerprint density at radius 2 is 1.57 bits per heavy atom. The SMILES string of the molecule is CN(OCC(=O)C(C(=O)OCc1ccccc1)C(N)C(=O)O)C(=O)c1ccccc1. The number of carboxylic acids is 1. The summed E-state index contributed by atoms with van der Waals surface area (Å²) >= 11 is 0. The zero-order valence-electron chi connectivity index (χ0n) is 16.3. The molecule has 0 saturated carbocycles. The van der Waals surface area contributed by atoms with E-state index in [2.05, 4.69) is 0 Å². The molecule has 0 saturated heterocycles. The second kappa shape index (κ2) is 10.8. The zero-order valence-corrected chi connectivity index (χ0v) is 16.3. The van der Waals surface area contributed by atoms with Crippen LogP contribution in [-0.4, -0.2) is 53.5 Å². The van der Waals surface area contributed by atoms with Crippen molar-refractivity contribution in [3.05, 3.63) is 71.8 Å². The Hall–Kier alpha value is -3.56. The molecule has 0 heterocycles. The predicted octanol–water partition coefficient (Wildman–Crippen LogP) is 1.03. The summed E-state index contributed by atoms with van der Waals surface area (Å²) in [6.45, 7) is -0.885. The van der Waals surface area contributed by atoms with Crippen LogP contribution in [0.1, 0.15) is 15.9 Å². The lowest BCUT2D eigenvalue weighted by Gasteiger charge is -2.21. The highest BCUT2D eigenvalue weighted by Crippen LogP contribution is 2.12. The van der Waals surface area contributed by atoms with Crippen molar-refractivity contribution in [1.29, 1.82) is 0 Å². The van der Waals surface area contributed by atoms with Gasteiger partial charge in [-0.2, -0.15) is 0 Å². The largest absolute Gasteiger partial charge is 0.480 e. The summed E-state index contributed by atoms with van der Waals surface area (Å²) in [5.41, 5.74) is 6.52. The molecule has 2 atom stereocenters. The quantitative estimate of drug-likeness (QED) is 0.334. The second-order valence-corrected chi connectivity index (χ2v) is 6.34. The summed E-state index contributed by atoms with van der Waals surface area (Å²) in [4.78, 5) is 53.5. The Labute approximate surface area is 172 Å². The molecule has 0 radical (unpaired) electrons. The molecule has 0 spiro atoms. The van der Waals surface area contributed by atoms with Gasteiger partial charge in [0.1, 0.15) is 25.2 Å². The van der Waals surface area contributed by atoms with E-state index in [1.165, 1.54) is 7.05 Å². The molecule has 0 bridgehead atoms. The van der Waals surface area contributed by atoms with E-state index in [0.717, 1.165) is 5.06 Å². The average molecular weight is 414 g/mol. The third-order valence-corrected chi connectivity index (χ3v) is 4.18. The van der Waals surface area contributed by atoms with Crippen molar-refractivity contribution in [3.8, 4) is 0 Å². The lowest BCUT2D eigenvalue weighted by molar-refractivity contribution is -0.164. The zero-order chi connectivity index (χ0) is 22.1. The van der Waals surface area contributed by atoms with E-state index < -0.39 is 42.2 Å². The molecule has 30 heavy (non-hydrogen) atoms. The van der Waals surface area contributed by atoms with Gasteiger partial charge in [-0.15, -0.1) is 0 Å². The first-order chi connectivity index (χ1) is 14.3. The van der Waals surface area contributed by atoms with Crippen LogP contribution in [0.4, 0.5) is 0 Å². The molecule has 0 aliphatic rings. The topological polar surface area (TPSA) is 136 Å². The van der Waals surface area contributed by atoms with Crippen molar-refractivity contribution in [2.45, 2.75) is 12.6 Å². The van der Waals surface area contributed by atoms with Gasteiger partial charge >= 0.3 is 11.9 Å². The number of Topliss-reactive ketones (excluding diaryl/α,β-unsaturated/α-hetero) is 1. The number of hydrogen-bond acceptors (Lipinski definition) is 7. The lowest BCUT2D eigenvalue weighted by Crippen LogP contribution is -2.48. The molecule has 2 aromatic rings. The highest BCUT2D eigenvalue weighted by molar-refractivity contribution is 6.04. The molecule has 2 unspecified atom stereocenters. The number of aliphatic carboxylic acids is 1. The maximum Gasteiger partial charge on any atom is 0.321 e. The standard InChI is InChI=1S/C21H22N2O7/c1-23(19(25)15-10-6-3-7-11-15)30-13-16(24)17(18(22)20(26)27)21(28)29-12-14-8-4-2-5-9-14/h2-11,17-18H,12-13,22H2,1H3,(H,26,27). The minimum atomic E-state index is -1.82. The second-order valence-electron chi connectivity index (χ2n) is 6.34. The fourth-order valence-electron chi connectivity index (χ4n) is 2.51. The third-order valence-electron chi connectivity index (χ3n) is 4.18. The van der Waals surface area contributed by atoms with Crippen LogP contribution in [0, 0.1) is 5.92 Å². The Kier molecular flexibility index (Phi) is 8.21. The third kappa shape index (κ3) is 6.23. The Bertz CT molecular complexity index is 887. The number of carbonyl (C=O) groups is 4. The molecule has 0 aliphatic carbocycles. The van der Waals surface area contributed by atoms with Gasteiger partial charge in [-0.25, -0.2) is 5.06 Å². The Morgan fingerprint density at radius 3 is 2.13 bits per heavy atom. The maximum atomic E-state index is 12.5. The van der Waals surface area contributed by atoms with Crippen LogP contribution < -0.4 is 5.73 Å². The maximum absolute atomic E-state index is 12.5. The van der Waals surface area contributed by atoms with E-state index in [9.17, 15) is 19.2 Å². The molecule has 0 aromatic heterocycles. The van der Waals surface area contributed by atoms with Crippen LogP contribution in [0.15, 0.2) is 60.7 Å². The number of ketones is 1. The molecule has 2 rings (SSSR count). The van der Waals surface area contributed by atoms with E-state index >= 15 is 0 Å². The fourth-order valence-corrected chi connectivity index (χ4v) is 2.51. The van der Waals surface area contributed by atoms with Gasteiger partial charge in [0.2, 0.25) is 0 Å². The number of carbonyl (C=O) groups excluding carboxylic acids is 3. The normalized spacial score (nSPS) is 12.5. The van der Waals surface area contributed by atoms with Crippen molar-refractivity contribution in [1.82, 2.24) is 5.06 Å².